The second kappa shape index (κ2) is 5.15. The van der Waals surface area contributed by atoms with Gasteiger partial charge in [-0.2, -0.15) is 0 Å². The lowest BCUT2D eigenvalue weighted by Crippen LogP contribution is -2.39. The number of carbonyl (C=O) groups excluding carboxylic acids is 2. The summed E-state index contributed by atoms with van der Waals surface area (Å²) in [6.45, 7) is 1.17. The van der Waals surface area contributed by atoms with E-state index in [2.05, 4.69) is 5.16 Å². The molecule has 2 amide bonds. The minimum Gasteiger partial charge on any atom is -0.368 e. The fourth-order valence-electron chi connectivity index (χ4n) is 2.11. The van der Waals surface area contributed by atoms with E-state index in [1.54, 1.807) is 0 Å². The van der Waals surface area contributed by atoms with Crippen LogP contribution in [0.1, 0.15) is 29.1 Å². The number of primary amides is 1. The first-order valence-electron chi connectivity index (χ1n) is 5.61. The SMILES string of the molecule is NNC(=O)c1cc(CN2CCCC2C(N)=O)on1. The summed E-state index contributed by atoms with van der Waals surface area (Å²) in [6.07, 6.45) is 1.66. The molecule has 0 spiro atoms. The van der Waals surface area contributed by atoms with Gasteiger partial charge in [-0.1, -0.05) is 5.16 Å². The summed E-state index contributed by atoms with van der Waals surface area (Å²) in [5.74, 6) is 4.63. The van der Waals surface area contributed by atoms with Crippen LogP contribution in [0, 0.1) is 0 Å². The van der Waals surface area contributed by atoms with E-state index in [0.717, 1.165) is 19.4 Å². The highest BCUT2D eigenvalue weighted by molar-refractivity contribution is 5.91. The van der Waals surface area contributed by atoms with Crippen molar-refractivity contribution < 1.29 is 14.1 Å². The van der Waals surface area contributed by atoms with Crippen LogP contribution >= 0.6 is 0 Å². The van der Waals surface area contributed by atoms with Crippen molar-refractivity contribution in [1.29, 1.82) is 0 Å². The number of nitrogen functional groups attached to an aromatic ring is 1. The van der Waals surface area contributed by atoms with E-state index >= 15 is 0 Å². The standard InChI is InChI=1S/C10H15N5O3/c11-9(16)8-2-1-3-15(8)5-6-4-7(14-18-6)10(17)13-12/h4,8H,1-3,5,12H2,(H2,11,16)(H,13,17). The molecule has 0 aliphatic carbocycles. The van der Waals surface area contributed by atoms with Crippen molar-refractivity contribution in [2.24, 2.45) is 11.6 Å². The quantitative estimate of drug-likeness (QED) is 0.348. The van der Waals surface area contributed by atoms with E-state index in [9.17, 15) is 9.59 Å². The zero-order valence-corrected chi connectivity index (χ0v) is 9.76. The van der Waals surface area contributed by atoms with Crippen LogP contribution in [0.25, 0.3) is 0 Å². The van der Waals surface area contributed by atoms with Crippen LogP contribution < -0.4 is 17.0 Å². The minimum absolute atomic E-state index is 0.113. The van der Waals surface area contributed by atoms with Crippen LogP contribution in [-0.4, -0.2) is 34.5 Å². The second-order valence-corrected chi connectivity index (χ2v) is 4.18. The molecule has 98 valence electrons. The normalized spacial score (nSPS) is 19.9. The molecule has 1 saturated heterocycles. The first kappa shape index (κ1) is 12.5. The number of nitrogens with two attached hydrogens (primary N) is 2. The number of rotatable bonds is 4. The average molecular weight is 253 g/mol. The van der Waals surface area contributed by atoms with Crippen LogP contribution in [0.3, 0.4) is 0 Å². The number of carbonyl (C=O) groups is 2. The van der Waals surface area contributed by atoms with Crippen molar-refractivity contribution in [3.63, 3.8) is 0 Å². The smallest absolute Gasteiger partial charge is 0.287 e. The van der Waals surface area contributed by atoms with Gasteiger partial charge in [0.1, 0.15) is 0 Å². The van der Waals surface area contributed by atoms with Crippen LogP contribution in [0.4, 0.5) is 0 Å². The summed E-state index contributed by atoms with van der Waals surface area (Å²) >= 11 is 0. The summed E-state index contributed by atoms with van der Waals surface area (Å²) in [4.78, 5) is 24.3. The summed E-state index contributed by atoms with van der Waals surface area (Å²) in [5, 5.41) is 3.59. The highest BCUT2D eigenvalue weighted by Crippen LogP contribution is 2.20. The molecule has 5 N–H and O–H groups in total. The number of likely N-dealkylation sites (tertiary alicyclic amines) is 1. The fourth-order valence-corrected chi connectivity index (χ4v) is 2.11. The molecule has 0 aromatic carbocycles. The van der Waals surface area contributed by atoms with Gasteiger partial charge in [0.15, 0.2) is 11.5 Å². The molecule has 8 heteroatoms. The number of amides is 2. The lowest BCUT2D eigenvalue weighted by Gasteiger charge is -2.19. The molecule has 0 bridgehead atoms. The predicted octanol–water partition coefficient (Wildman–Crippen LogP) is -1.27. The van der Waals surface area contributed by atoms with Gasteiger partial charge in [-0.25, -0.2) is 5.84 Å². The van der Waals surface area contributed by atoms with Crippen LogP contribution in [-0.2, 0) is 11.3 Å². The van der Waals surface area contributed by atoms with Gasteiger partial charge in [-0.15, -0.1) is 0 Å². The zero-order valence-electron chi connectivity index (χ0n) is 9.76. The second-order valence-electron chi connectivity index (χ2n) is 4.18. The number of nitrogens with one attached hydrogen (secondary N) is 1. The van der Waals surface area contributed by atoms with Gasteiger partial charge in [0.25, 0.3) is 5.91 Å². The molecular weight excluding hydrogens is 238 g/mol. The molecule has 1 unspecified atom stereocenters. The first-order chi connectivity index (χ1) is 8.61. The van der Waals surface area contributed by atoms with Gasteiger partial charge < -0.3 is 10.3 Å². The maximum absolute atomic E-state index is 11.2. The molecule has 1 atom stereocenters. The van der Waals surface area contributed by atoms with Crippen molar-refractivity contribution in [3.05, 3.63) is 17.5 Å². The van der Waals surface area contributed by atoms with E-state index in [4.69, 9.17) is 16.1 Å². The first-order valence-corrected chi connectivity index (χ1v) is 5.61. The van der Waals surface area contributed by atoms with E-state index in [0.29, 0.717) is 12.3 Å². The van der Waals surface area contributed by atoms with E-state index in [-0.39, 0.29) is 17.6 Å². The highest BCUT2D eigenvalue weighted by atomic mass is 16.5. The van der Waals surface area contributed by atoms with Gasteiger partial charge in [0, 0.05) is 6.07 Å². The number of hydrogen-bond acceptors (Lipinski definition) is 6. The van der Waals surface area contributed by atoms with E-state index in [1.807, 2.05) is 10.3 Å². The van der Waals surface area contributed by atoms with Gasteiger partial charge in [-0.05, 0) is 19.4 Å². The number of aromatic nitrogens is 1. The molecule has 1 aromatic rings. The Bertz CT molecular complexity index is 458. The molecule has 0 saturated carbocycles. The zero-order chi connectivity index (χ0) is 13.1. The van der Waals surface area contributed by atoms with Crippen molar-refractivity contribution in [3.8, 4) is 0 Å². The number of hydrogen-bond donors (Lipinski definition) is 3. The Morgan fingerprint density at radius 2 is 2.39 bits per heavy atom. The Morgan fingerprint density at radius 3 is 3.06 bits per heavy atom. The van der Waals surface area contributed by atoms with Gasteiger partial charge in [0.05, 0.1) is 12.6 Å². The van der Waals surface area contributed by atoms with Crippen LogP contribution in [0.5, 0.6) is 0 Å². The van der Waals surface area contributed by atoms with Crippen molar-refractivity contribution in [1.82, 2.24) is 15.5 Å². The van der Waals surface area contributed by atoms with E-state index < -0.39 is 5.91 Å². The average Bonchev–Trinajstić information content (AvgIpc) is 2.97. The van der Waals surface area contributed by atoms with E-state index in [1.165, 1.54) is 6.07 Å². The molecule has 0 radical (unpaired) electrons. The maximum Gasteiger partial charge on any atom is 0.287 e. The third-order valence-electron chi connectivity index (χ3n) is 2.97. The topological polar surface area (TPSA) is 127 Å². The molecule has 1 aliphatic rings. The molecule has 8 nitrogen and oxygen atoms in total. The van der Waals surface area contributed by atoms with Crippen LogP contribution in [0.2, 0.25) is 0 Å². The summed E-state index contributed by atoms with van der Waals surface area (Å²) in [5.41, 5.74) is 7.39. The molecule has 1 aliphatic heterocycles. The molecule has 1 aromatic heterocycles. The highest BCUT2D eigenvalue weighted by Gasteiger charge is 2.29. The third kappa shape index (κ3) is 2.49. The summed E-state index contributed by atoms with van der Waals surface area (Å²) in [7, 11) is 0. The lowest BCUT2D eigenvalue weighted by molar-refractivity contribution is -0.122. The van der Waals surface area contributed by atoms with Gasteiger partial charge >= 0.3 is 0 Å². The number of hydrazine groups is 1. The van der Waals surface area contributed by atoms with Crippen molar-refractivity contribution in [2.75, 3.05) is 6.54 Å². The van der Waals surface area contributed by atoms with Crippen molar-refractivity contribution >= 4 is 11.8 Å². The summed E-state index contributed by atoms with van der Waals surface area (Å²) < 4.78 is 5.02. The largest absolute Gasteiger partial charge is 0.368 e. The van der Waals surface area contributed by atoms with Crippen molar-refractivity contribution in [2.45, 2.75) is 25.4 Å². The van der Waals surface area contributed by atoms with Gasteiger partial charge in [0.2, 0.25) is 5.91 Å². The summed E-state index contributed by atoms with van der Waals surface area (Å²) in [6, 6.07) is 1.22. The molecule has 1 fully saturated rings. The minimum atomic E-state index is -0.516. The third-order valence-corrected chi connectivity index (χ3v) is 2.97. The monoisotopic (exact) mass is 253 g/mol. The molecule has 2 rings (SSSR count). The molecular formula is C10H15N5O3. The molecule has 2 heterocycles. The van der Waals surface area contributed by atoms with Crippen LogP contribution in [0.15, 0.2) is 10.6 Å². The Hall–Kier alpha value is -1.93. The predicted molar refractivity (Wildman–Crippen MR) is 60.8 cm³/mol. The maximum atomic E-state index is 11.2. The Labute approximate surface area is 103 Å². The fraction of sp³-hybridized carbons (Fsp3) is 0.500. The van der Waals surface area contributed by atoms with Gasteiger partial charge in [-0.3, -0.25) is 19.9 Å². The Morgan fingerprint density at radius 1 is 1.61 bits per heavy atom. The molecule has 18 heavy (non-hydrogen) atoms. The Balaban J connectivity index is 2.03. The number of nitrogens with zero attached hydrogens (tertiary/aromatic N) is 2. The lowest BCUT2D eigenvalue weighted by atomic mass is 10.2. The Kier molecular flexibility index (Phi) is 3.58.